The van der Waals surface area contributed by atoms with Crippen LogP contribution in [0.25, 0.3) is 11.0 Å². The summed E-state index contributed by atoms with van der Waals surface area (Å²) in [6.45, 7) is 0. The number of fused-ring (bicyclic) bond motifs is 2. The lowest BCUT2D eigenvalue weighted by Crippen LogP contribution is -1.94. The van der Waals surface area contributed by atoms with Gasteiger partial charge in [-0.1, -0.05) is 42.5 Å². The third-order valence-corrected chi connectivity index (χ3v) is 3.93. The van der Waals surface area contributed by atoms with Crippen molar-refractivity contribution >= 4 is 11.0 Å². The SMILES string of the molecule is [c]1oc2ccccc2c1C1CCc2ccccc21. The molecule has 0 amide bonds. The topological polar surface area (TPSA) is 13.1 Å². The summed E-state index contributed by atoms with van der Waals surface area (Å²) in [5.41, 5.74) is 5.08. The predicted octanol–water partition coefficient (Wildman–Crippen LogP) is 4.31. The Morgan fingerprint density at radius 1 is 1.00 bits per heavy atom. The average Bonchev–Trinajstić information content (AvgIpc) is 3.01. The van der Waals surface area contributed by atoms with Crippen LogP contribution in [0.2, 0.25) is 0 Å². The van der Waals surface area contributed by atoms with Gasteiger partial charge in [-0.2, -0.15) is 0 Å². The minimum atomic E-state index is 0.449. The quantitative estimate of drug-likeness (QED) is 0.610. The summed E-state index contributed by atoms with van der Waals surface area (Å²) in [7, 11) is 0. The number of hydrogen-bond acceptors (Lipinski definition) is 1. The van der Waals surface area contributed by atoms with Gasteiger partial charge in [0.1, 0.15) is 5.58 Å². The summed E-state index contributed by atoms with van der Waals surface area (Å²) in [5.74, 6) is 0.449. The van der Waals surface area contributed by atoms with E-state index in [4.69, 9.17) is 4.42 Å². The highest BCUT2D eigenvalue weighted by Gasteiger charge is 2.26. The molecule has 0 bridgehead atoms. The second-order valence-corrected chi connectivity index (χ2v) is 4.90. The van der Waals surface area contributed by atoms with E-state index in [9.17, 15) is 0 Å². The van der Waals surface area contributed by atoms with Crippen LogP contribution in [0.1, 0.15) is 29.0 Å². The van der Waals surface area contributed by atoms with Crippen molar-refractivity contribution in [3.05, 3.63) is 71.5 Å². The van der Waals surface area contributed by atoms with E-state index in [0.717, 1.165) is 12.0 Å². The van der Waals surface area contributed by atoms with Crippen LogP contribution >= 0.6 is 0 Å². The van der Waals surface area contributed by atoms with E-state index in [0.29, 0.717) is 5.92 Å². The molecule has 3 aromatic rings. The highest BCUT2D eigenvalue weighted by molar-refractivity contribution is 5.82. The standard InChI is InChI=1S/C17H13O/c1-2-6-13-12(5-1)9-10-14(13)16-11-18-17-8-4-3-7-15(16)17/h1-8,14H,9-10H2. The Balaban J connectivity index is 1.90. The fraction of sp³-hybridized carbons (Fsp3) is 0.176. The third-order valence-electron chi connectivity index (χ3n) is 3.93. The maximum Gasteiger partial charge on any atom is 0.174 e. The lowest BCUT2D eigenvalue weighted by atomic mass is 9.93. The smallest absolute Gasteiger partial charge is 0.174 e. The third kappa shape index (κ3) is 1.34. The molecule has 4 rings (SSSR count). The zero-order valence-corrected chi connectivity index (χ0v) is 10.0. The Bertz CT molecular complexity index is 708. The summed E-state index contributed by atoms with van der Waals surface area (Å²) in [4.78, 5) is 0. The fourth-order valence-corrected chi connectivity index (χ4v) is 3.06. The molecular weight excluding hydrogens is 220 g/mol. The highest BCUT2D eigenvalue weighted by Crippen LogP contribution is 2.40. The Hall–Kier alpha value is -2.02. The number of rotatable bonds is 1. The molecule has 1 aliphatic carbocycles. The minimum Gasteiger partial charge on any atom is -0.452 e. The maximum absolute atomic E-state index is 5.55. The van der Waals surface area contributed by atoms with Gasteiger partial charge in [0.15, 0.2) is 6.26 Å². The molecule has 1 heterocycles. The minimum absolute atomic E-state index is 0.449. The van der Waals surface area contributed by atoms with Crippen LogP contribution < -0.4 is 0 Å². The summed E-state index contributed by atoms with van der Waals surface area (Å²) in [6, 6.07) is 16.9. The van der Waals surface area contributed by atoms with Gasteiger partial charge in [-0.15, -0.1) is 0 Å². The van der Waals surface area contributed by atoms with E-state index in [-0.39, 0.29) is 0 Å². The Kier molecular flexibility index (Phi) is 2.07. The lowest BCUT2D eigenvalue weighted by molar-refractivity contribution is 0.595. The average molecular weight is 233 g/mol. The van der Waals surface area contributed by atoms with E-state index in [1.54, 1.807) is 0 Å². The van der Waals surface area contributed by atoms with E-state index >= 15 is 0 Å². The Morgan fingerprint density at radius 3 is 2.83 bits per heavy atom. The first-order valence-electron chi connectivity index (χ1n) is 6.40. The number of aryl methyl sites for hydroxylation is 1. The van der Waals surface area contributed by atoms with Gasteiger partial charge in [0, 0.05) is 16.9 Å². The van der Waals surface area contributed by atoms with Gasteiger partial charge in [0.2, 0.25) is 0 Å². The molecule has 0 aliphatic heterocycles. The number of para-hydroxylation sites is 1. The van der Waals surface area contributed by atoms with E-state index in [1.807, 2.05) is 12.1 Å². The summed E-state index contributed by atoms with van der Waals surface area (Å²) in [6.07, 6.45) is 5.45. The first-order chi connectivity index (χ1) is 8.93. The Morgan fingerprint density at radius 2 is 1.83 bits per heavy atom. The van der Waals surface area contributed by atoms with E-state index < -0.39 is 0 Å². The predicted molar refractivity (Wildman–Crippen MR) is 71.7 cm³/mol. The van der Waals surface area contributed by atoms with Crippen molar-refractivity contribution in [1.29, 1.82) is 0 Å². The molecule has 1 radical (unpaired) electrons. The van der Waals surface area contributed by atoms with Crippen molar-refractivity contribution < 1.29 is 4.42 Å². The van der Waals surface area contributed by atoms with Crippen molar-refractivity contribution in [2.24, 2.45) is 0 Å². The van der Waals surface area contributed by atoms with Crippen molar-refractivity contribution in [3.8, 4) is 0 Å². The summed E-state index contributed by atoms with van der Waals surface area (Å²) < 4.78 is 5.55. The number of furan rings is 1. The van der Waals surface area contributed by atoms with Crippen LogP contribution in [-0.2, 0) is 6.42 Å². The van der Waals surface area contributed by atoms with Gasteiger partial charge in [-0.05, 0) is 30.0 Å². The molecule has 1 unspecified atom stereocenters. The summed E-state index contributed by atoms with van der Waals surface area (Å²) >= 11 is 0. The Labute approximate surface area is 106 Å². The largest absolute Gasteiger partial charge is 0.452 e. The van der Waals surface area contributed by atoms with Crippen LogP contribution in [0.4, 0.5) is 0 Å². The van der Waals surface area contributed by atoms with Crippen molar-refractivity contribution in [2.75, 3.05) is 0 Å². The molecule has 18 heavy (non-hydrogen) atoms. The van der Waals surface area contributed by atoms with Gasteiger partial charge in [0.25, 0.3) is 0 Å². The molecule has 87 valence electrons. The van der Waals surface area contributed by atoms with Gasteiger partial charge in [0.05, 0.1) is 0 Å². The molecular formula is C17H13O. The molecule has 2 aromatic carbocycles. The van der Waals surface area contributed by atoms with Crippen LogP contribution in [0.5, 0.6) is 0 Å². The zero-order chi connectivity index (χ0) is 11.9. The number of benzene rings is 2. The van der Waals surface area contributed by atoms with Crippen LogP contribution in [0.15, 0.2) is 52.9 Å². The first kappa shape index (κ1) is 9.95. The van der Waals surface area contributed by atoms with E-state index in [2.05, 4.69) is 42.7 Å². The highest BCUT2D eigenvalue weighted by atomic mass is 16.3. The fourth-order valence-electron chi connectivity index (χ4n) is 3.06. The van der Waals surface area contributed by atoms with Crippen LogP contribution in [0, 0.1) is 6.26 Å². The van der Waals surface area contributed by atoms with Gasteiger partial charge in [-0.3, -0.25) is 0 Å². The molecule has 0 saturated carbocycles. The van der Waals surface area contributed by atoms with Crippen LogP contribution in [-0.4, -0.2) is 0 Å². The van der Waals surface area contributed by atoms with Gasteiger partial charge >= 0.3 is 0 Å². The van der Waals surface area contributed by atoms with Crippen LogP contribution in [0.3, 0.4) is 0 Å². The number of hydrogen-bond donors (Lipinski definition) is 0. The monoisotopic (exact) mass is 233 g/mol. The van der Waals surface area contributed by atoms with Crippen molar-refractivity contribution in [2.45, 2.75) is 18.8 Å². The molecule has 0 fully saturated rings. The molecule has 1 heteroatoms. The second-order valence-electron chi connectivity index (χ2n) is 4.90. The van der Waals surface area contributed by atoms with Gasteiger partial charge < -0.3 is 4.42 Å². The van der Waals surface area contributed by atoms with Crippen molar-refractivity contribution in [3.63, 3.8) is 0 Å². The molecule has 1 aliphatic rings. The molecule has 1 aromatic heterocycles. The first-order valence-corrected chi connectivity index (χ1v) is 6.40. The lowest BCUT2D eigenvalue weighted by Gasteiger charge is -2.09. The normalized spacial score (nSPS) is 18.1. The summed E-state index contributed by atoms with van der Waals surface area (Å²) in [5, 5.41) is 1.21. The molecule has 1 atom stereocenters. The molecule has 0 spiro atoms. The maximum atomic E-state index is 5.55. The second kappa shape index (κ2) is 3.74. The molecule has 1 nitrogen and oxygen atoms in total. The molecule has 0 N–H and O–H groups in total. The van der Waals surface area contributed by atoms with Gasteiger partial charge in [-0.25, -0.2) is 0 Å². The molecule has 0 saturated heterocycles. The van der Waals surface area contributed by atoms with E-state index in [1.165, 1.54) is 28.5 Å². The van der Waals surface area contributed by atoms with Crippen molar-refractivity contribution in [1.82, 2.24) is 0 Å². The zero-order valence-electron chi connectivity index (χ0n) is 10.0.